The Kier molecular flexibility index (Phi) is 3.81. The van der Waals surface area contributed by atoms with Crippen LogP contribution in [0.4, 0.5) is 0 Å². The minimum absolute atomic E-state index is 0.132. The van der Waals surface area contributed by atoms with Gasteiger partial charge in [0, 0.05) is 23.4 Å². The van der Waals surface area contributed by atoms with E-state index in [1.165, 1.54) is 29.1 Å². The summed E-state index contributed by atoms with van der Waals surface area (Å²) in [5.74, 6) is 0.133. The number of aliphatic hydroxyl groups is 2. The van der Waals surface area contributed by atoms with Crippen LogP contribution in [0.2, 0.25) is 5.02 Å². The number of nitrogens with zero attached hydrogens (tertiary/aromatic N) is 3. The Morgan fingerprint density at radius 2 is 1.86 bits per heavy atom. The highest BCUT2D eigenvalue weighted by molar-refractivity contribution is 6.33. The first-order valence-corrected chi connectivity index (χ1v) is 6.80. The number of halogens is 1. The Morgan fingerprint density at radius 3 is 2.59 bits per heavy atom. The van der Waals surface area contributed by atoms with Crippen LogP contribution >= 0.6 is 11.6 Å². The van der Waals surface area contributed by atoms with Gasteiger partial charge in [-0.05, 0) is 18.2 Å². The Labute approximate surface area is 130 Å². The highest BCUT2D eigenvalue weighted by atomic mass is 35.5. The van der Waals surface area contributed by atoms with Gasteiger partial charge in [-0.25, -0.2) is 4.98 Å². The molecule has 0 saturated carbocycles. The summed E-state index contributed by atoms with van der Waals surface area (Å²) < 4.78 is 1.20. The van der Waals surface area contributed by atoms with Crippen molar-refractivity contribution in [2.24, 2.45) is 0 Å². The van der Waals surface area contributed by atoms with E-state index in [2.05, 4.69) is 10.1 Å². The van der Waals surface area contributed by atoms with Gasteiger partial charge < -0.3 is 15.3 Å². The first-order chi connectivity index (χ1) is 10.6. The van der Waals surface area contributed by atoms with Crippen molar-refractivity contribution in [2.75, 3.05) is 0 Å². The number of aromatic nitrogens is 3. The van der Waals surface area contributed by atoms with Gasteiger partial charge in [0.25, 0.3) is 0 Å². The lowest BCUT2D eigenvalue weighted by Crippen LogP contribution is -2.02. The summed E-state index contributed by atoms with van der Waals surface area (Å²) in [5, 5.41) is 33.2. The Hall–Kier alpha value is -2.41. The lowest BCUT2D eigenvalue weighted by Gasteiger charge is -2.06. The summed E-state index contributed by atoms with van der Waals surface area (Å²) in [6, 6.07) is 11.5. The molecule has 0 aliphatic heterocycles. The molecule has 22 heavy (non-hydrogen) atoms. The third-order valence-electron chi connectivity index (χ3n) is 3.13. The topological polar surface area (TPSA) is 91.4 Å². The van der Waals surface area contributed by atoms with E-state index in [0.29, 0.717) is 16.3 Å². The molecule has 6 nitrogen and oxygen atoms in total. The van der Waals surface area contributed by atoms with E-state index in [1.54, 1.807) is 18.2 Å². The molecule has 0 atom stereocenters. The molecule has 3 rings (SSSR count). The van der Waals surface area contributed by atoms with Crippen LogP contribution in [-0.4, -0.2) is 30.1 Å². The lowest BCUT2D eigenvalue weighted by atomic mass is 10.1. The fourth-order valence-electron chi connectivity index (χ4n) is 2.05. The van der Waals surface area contributed by atoms with E-state index in [0.717, 1.165) is 0 Å². The molecule has 3 N–H and O–H groups in total. The van der Waals surface area contributed by atoms with Crippen molar-refractivity contribution in [3.63, 3.8) is 0 Å². The molecule has 0 bridgehead atoms. The van der Waals surface area contributed by atoms with E-state index in [-0.39, 0.29) is 17.3 Å². The number of rotatable bonds is 3. The zero-order valence-corrected chi connectivity index (χ0v) is 12.0. The Balaban J connectivity index is 2.07. The Morgan fingerprint density at radius 1 is 1.09 bits per heavy atom. The van der Waals surface area contributed by atoms with Crippen molar-refractivity contribution in [1.29, 1.82) is 0 Å². The molecular formula is C15H12ClN3O3. The average Bonchev–Trinajstić information content (AvgIpc) is 2.89. The van der Waals surface area contributed by atoms with Crippen LogP contribution in [0, 0.1) is 0 Å². The van der Waals surface area contributed by atoms with Crippen molar-refractivity contribution >= 4 is 11.6 Å². The fourth-order valence-corrected chi connectivity index (χ4v) is 2.28. The molecule has 112 valence electrons. The predicted molar refractivity (Wildman–Crippen MR) is 80.6 cm³/mol. The molecule has 0 aliphatic carbocycles. The standard InChI is InChI=1S/C15H12ClN3O3/c16-11-4-2-1-3-10(11)12-8-14(20)19(18-12)13-7-9(15(21)22)5-6-17-13/h1-8,15,20-22H. The van der Waals surface area contributed by atoms with Crippen LogP contribution in [0.3, 0.4) is 0 Å². The van der Waals surface area contributed by atoms with Gasteiger partial charge in [-0.3, -0.25) is 0 Å². The van der Waals surface area contributed by atoms with Crippen molar-refractivity contribution in [3.05, 3.63) is 59.2 Å². The maximum atomic E-state index is 10.1. The van der Waals surface area contributed by atoms with E-state index < -0.39 is 6.29 Å². The molecule has 0 unspecified atom stereocenters. The van der Waals surface area contributed by atoms with Crippen LogP contribution in [0.5, 0.6) is 5.88 Å². The van der Waals surface area contributed by atoms with Crippen LogP contribution in [0.25, 0.3) is 17.1 Å². The minimum Gasteiger partial charge on any atom is -0.493 e. The predicted octanol–water partition coefficient (Wildman–Crippen LogP) is 2.28. The zero-order chi connectivity index (χ0) is 15.7. The van der Waals surface area contributed by atoms with E-state index >= 15 is 0 Å². The molecule has 3 aromatic rings. The van der Waals surface area contributed by atoms with Crippen molar-refractivity contribution < 1.29 is 15.3 Å². The molecule has 0 spiro atoms. The molecular weight excluding hydrogens is 306 g/mol. The number of aliphatic hydroxyl groups excluding tert-OH is 1. The van der Waals surface area contributed by atoms with E-state index in [4.69, 9.17) is 11.6 Å². The highest BCUT2D eigenvalue weighted by Gasteiger charge is 2.14. The average molecular weight is 318 g/mol. The number of benzene rings is 1. The van der Waals surface area contributed by atoms with Crippen LogP contribution in [-0.2, 0) is 0 Å². The molecule has 0 radical (unpaired) electrons. The molecule has 0 amide bonds. The number of aromatic hydroxyl groups is 1. The van der Waals surface area contributed by atoms with Gasteiger partial charge in [0.05, 0.1) is 10.7 Å². The van der Waals surface area contributed by atoms with Crippen molar-refractivity contribution in [2.45, 2.75) is 6.29 Å². The summed E-state index contributed by atoms with van der Waals surface area (Å²) in [7, 11) is 0. The summed E-state index contributed by atoms with van der Waals surface area (Å²) in [4.78, 5) is 4.07. The summed E-state index contributed by atoms with van der Waals surface area (Å²) in [6.07, 6.45) is -0.220. The van der Waals surface area contributed by atoms with Crippen LogP contribution in [0.15, 0.2) is 48.7 Å². The first-order valence-electron chi connectivity index (χ1n) is 6.42. The quantitative estimate of drug-likeness (QED) is 0.645. The second-order valence-corrected chi connectivity index (χ2v) is 5.01. The number of hydrogen-bond acceptors (Lipinski definition) is 5. The van der Waals surface area contributed by atoms with Gasteiger partial charge in [-0.2, -0.15) is 9.78 Å². The second-order valence-electron chi connectivity index (χ2n) is 4.60. The fraction of sp³-hybridized carbons (Fsp3) is 0.0667. The third kappa shape index (κ3) is 2.67. The molecule has 0 fully saturated rings. The van der Waals surface area contributed by atoms with Gasteiger partial charge in [-0.15, -0.1) is 0 Å². The van der Waals surface area contributed by atoms with Gasteiger partial charge in [-0.1, -0.05) is 29.8 Å². The second kappa shape index (κ2) is 5.76. The van der Waals surface area contributed by atoms with Crippen LogP contribution in [0.1, 0.15) is 11.9 Å². The minimum atomic E-state index is -1.62. The molecule has 2 aromatic heterocycles. The van der Waals surface area contributed by atoms with Crippen molar-refractivity contribution in [3.8, 4) is 23.0 Å². The van der Waals surface area contributed by atoms with Gasteiger partial charge >= 0.3 is 0 Å². The largest absolute Gasteiger partial charge is 0.493 e. The SMILES string of the molecule is Oc1cc(-c2ccccc2Cl)nn1-c1cc(C(O)O)ccn1. The lowest BCUT2D eigenvalue weighted by molar-refractivity contribution is -0.0425. The zero-order valence-electron chi connectivity index (χ0n) is 11.3. The van der Waals surface area contributed by atoms with Crippen LogP contribution < -0.4 is 0 Å². The highest BCUT2D eigenvalue weighted by Crippen LogP contribution is 2.30. The number of pyridine rings is 1. The molecule has 0 saturated heterocycles. The summed E-state index contributed by atoms with van der Waals surface area (Å²) in [6.45, 7) is 0. The normalized spacial score (nSPS) is 11.1. The first kappa shape index (κ1) is 14.5. The maximum Gasteiger partial charge on any atom is 0.216 e. The molecule has 2 heterocycles. The maximum absolute atomic E-state index is 10.1. The molecule has 7 heteroatoms. The van der Waals surface area contributed by atoms with Gasteiger partial charge in [0.2, 0.25) is 5.88 Å². The van der Waals surface area contributed by atoms with Gasteiger partial charge in [0.1, 0.15) is 0 Å². The van der Waals surface area contributed by atoms with E-state index in [1.807, 2.05) is 6.07 Å². The molecule has 1 aromatic carbocycles. The summed E-state index contributed by atoms with van der Waals surface area (Å²) >= 11 is 6.12. The Bertz CT molecular complexity index is 817. The summed E-state index contributed by atoms with van der Waals surface area (Å²) in [5.41, 5.74) is 1.41. The number of hydrogen-bond donors (Lipinski definition) is 3. The third-order valence-corrected chi connectivity index (χ3v) is 3.45. The van der Waals surface area contributed by atoms with E-state index in [9.17, 15) is 15.3 Å². The monoisotopic (exact) mass is 317 g/mol. The van der Waals surface area contributed by atoms with Crippen molar-refractivity contribution in [1.82, 2.24) is 14.8 Å². The molecule has 0 aliphatic rings. The smallest absolute Gasteiger partial charge is 0.216 e. The van der Waals surface area contributed by atoms with Gasteiger partial charge in [0.15, 0.2) is 12.1 Å².